The van der Waals surface area contributed by atoms with E-state index >= 15 is 0 Å². The normalized spacial score (nSPS) is 16.7. The summed E-state index contributed by atoms with van der Waals surface area (Å²) in [6.07, 6.45) is 0. The number of amides is 2. The zero-order valence-electron chi connectivity index (χ0n) is 17.8. The average molecular weight is 445 g/mol. The number of urea groups is 1. The average Bonchev–Trinajstić information content (AvgIpc) is 2.79. The molecule has 2 amide bonds. The van der Waals surface area contributed by atoms with Crippen LogP contribution in [0.5, 0.6) is 11.5 Å². The van der Waals surface area contributed by atoms with Gasteiger partial charge in [-0.3, -0.25) is 4.90 Å². The zero-order chi connectivity index (χ0) is 21.6. The topological polar surface area (TPSA) is 66.1 Å². The van der Waals surface area contributed by atoms with Crippen LogP contribution in [0.3, 0.4) is 0 Å². The standard InChI is InChI=1S/C23H29ClN4O3/c1-27-6-8-28(9-7-27)16-18-4-2-17(3-5-18)14-25-23(29)26-15-19-12-20(24)22-21(13-19)30-10-11-31-22/h2-5,12-13H,6-11,14-16H2,1H3,(H2,25,26,29). The molecule has 31 heavy (non-hydrogen) atoms. The van der Waals surface area contributed by atoms with Gasteiger partial charge in [0.15, 0.2) is 11.5 Å². The number of hydrogen-bond donors (Lipinski definition) is 2. The summed E-state index contributed by atoms with van der Waals surface area (Å²) in [5.74, 6) is 1.19. The van der Waals surface area contributed by atoms with Crippen molar-refractivity contribution in [3.05, 3.63) is 58.1 Å². The number of carbonyl (C=O) groups is 1. The number of nitrogens with one attached hydrogen (secondary N) is 2. The van der Waals surface area contributed by atoms with E-state index in [2.05, 4.69) is 51.7 Å². The third-order valence-corrected chi connectivity index (χ3v) is 5.87. The van der Waals surface area contributed by atoms with Gasteiger partial charge in [-0.05, 0) is 35.9 Å². The molecule has 8 heteroatoms. The van der Waals surface area contributed by atoms with E-state index in [9.17, 15) is 4.79 Å². The van der Waals surface area contributed by atoms with Crippen LogP contribution in [0, 0.1) is 0 Å². The number of piperazine rings is 1. The smallest absolute Gasteiger partial charge is 0.315 e. The van der Waals surface area contributed by atoms with Crippen molar-refractivity contribution >= 4 is 17.6 Å². The quantitative estimate of drug-likeness (QED) is 0.717. The number of ether oxygens (including phenoxy) is 2. The molecular weight excluding hydrogens is 416 g/mol. The van der Waals surface area contributed by atoms with Gasteiger partial charge >= 0.3 is 6.03 Å². The first-order chi connectivity index (χ1) is 15.1. The molecule has 2 heterocycles. The number of fused-ring (bicyclic) bond motifs is 1. The maximum Gasteiger partial charge on any atom is 0.315 e. The maximum absolute atomic E-state index is 12.2. The highest BCUT2D eigenvalue weighted by Gasteiger charge is 2.17. The zero-order valence-corrected chi connectivity index (χ0v) is 18.6. The fraction of sp³-hybridized carbons (Fsp3) is 0.435. The van der Waals surface area contributed by atoms with Crippen molar-refractivity contribution < 1.29 is 14.3 Å². The third kappa shape index (κ3) is 6.03. The lowest BCUT2D eigenvalue weighted by Crippen LogP contribution is -2.43. The second-order valence-corrected chi connectivity index (χ2v) is 8.44. The van der Waals surface area contributed by atoms with Crippen LogP contribution >= 0.6 is 11.6 Å². The molecule has 166 valence electrons. The minimum Gasteiger partial charge on any atom is -0.486 e. The molecule has 2 aliphatic rings. The van der Waals surface area contributed by atoms with Crippen molar-refractivity contribution in [3.63, 3.8) is 0 Å². The van der Waals surface area contributed by atoms with E-state index in [-0.39, 0.29) is 6.03 Å². The Bertz CT molecular complexity index is 898. The molecule has 0 atom stereocenters. The summed E-state index contributed by atoms with van der Waals surface area (Å²) >= 11 is 6.25. The molecule has 1 fully saturated rings. The summed E-state index contributed by atoms with van der Waals surface area (Å²) in [5.41, 5.74) is 3.23. The number of nitrogens with zero attached hydrogens (tertiary/aromatic N) is 2. The maximum atomic E-state index is 12.2. The van der Waals surface area contributed by atoms with Crippen LogP contribution in [0.15, 0.2) is 36.4 Å². The molecule has 7 nitrogen and oxygen atoms in total. The van der Waals surface area contributed by atoms with Gasteiger partial charge in [0.05, 0.1) is 5.02 Å². The van der Waals surface area contributed by atoms with Gasteiger partial charge in [-0.25, -0.2) is 4.79 Å². The van der Waals surface area contributed by atoms with Gasteiger partial charge in [0.2, 0.25) is 0 Å². The number of likely N-dealkylation sites (N-methyl/N-ethyl adjacent to an activating group) is 1. The Morgan fingerprint density at radius 1 is 0.935 bits per heavy atom. The number of carbonyl (C=O) groups excluding carboxylic acids is 1. The van der Waals surface area contributed by atoms with E-state index in [0.29, 0.717) is 42.8 Å². The van der Waals surface area contributed by atoms with Crippen molar-refractivity contribution in [2.45, 2.75) is 19.6 Å². The molecule has 0 aliphatic carbocycles. The van der Waals surface area contributed by atoms with Crippen LogP contribution in [0.2, 0.25) is 5.02 Å². The Hall–Kier alpha value is -2.48. The van der Waals surface area contributed by atoms with E-state index < -0.39 is 0 Å². The molecule has 1 saturated heterocycles. The summed E-state index contributed by atoms with van der Waals surface area (Å²) in [4.78, 5) is 17.0. The van der Waals surface area contributed by atoms with Crippen molar-refractivity contribution in [1.29, 1.82) is 0 Å². The van der Waals surface area contributed by atoms with Gasteiger partial charge in [-0.2, -0.15) is 0 Å². The van der Waals surface area contributed by atoms with Crippen molar-refractivity contribution in [1.82, 2.24) is 20.4 Å². The predicted molar refractivity (Wildman–Crippen MR) is 121 cm³/mol. The number of halogens is 1. The van der Waals surface area contributed by atoms with Crippen LogP contribution in [0.1, 0.15) is 16.7 Å². The molecule has 0 bridgehead atoms. The number of benzene rings is 2. The lowest BCUT2D eigenvalue weighted by Gasteiger charge is -2.32. The molecule has 2 aliphatic heterocycles. The van der Waals surface area contributed by atoms with Crippen molar-refractivity contribution in [2.75, 3.05) is 46.4 Å². The Morgan fingerprint density at radius 3 is 2.32 bits per heavy atom. The largest absolute Gasteiger partial charge is 0.486 e. The van der Waals surface area contributed by atoms with Gasteiger partial charge in [-0.15, -0.1) is 0 Å². The fourth-order valence-electron chi connectivity index (χ4n) is 3.72. The molecule has 2 aromatic rings. The first-order valence-electron chi connectivity index (χ1n) is 10.7. The Morgan fingerprint density at radius 2 is 1.58 bits per heavy atom. The van der Waals surface area contributed by atoms with Crippen LogP contribution in [0.25, 0.3) is 0 Å². The number of rotatable bonds is 6. The minimum atomic E-state index is -0.229. The molecule has 2 N–H and O–H groups in total. The fourth-order valence-corrected chi connectivity index (χ4v) is 4.01. The first kappa shape index (κ1) is 21.7. The first-order valence-corrected chi connectivity index (χ1v) is 11.0. The van der Waals surface area contributed by atoms with E-state index in [1.807, 2.05) is 6.07 Å². The second kappa shape index (κ2) is 10.2. The summed E-state index contributed by atoms with van der Waals surface area (Å²) in [7, 11) is 2.17. The summed E-state index contributed by atoms with van der Waals surface area (Å²) in [6, 6.07) is 11.8. The molecule has 0 aromatic heterocycles. The lowest BCUT2D eigenvalue weighted by molar-refractivity contribution is 0.148. The minimum absolute atomic E-state index is 0.229. The Balaban J connectivity index is 1.21. The van der Waals surface area contributed by atoms with E-state index in [1.54, 1.807) is 6.07 Å². The van der Waals surface area contributed by atoms with Crippen LogP contribution < -0.4 is 20.1 Å². The van der Waals surface area contributed by atoms with Crippen LogP contribution in [-0.2, 0) is 19.6 Å². The number of hydrogen-bond acceptors (Lipinski definition) is 5. The molecule has 0 spiro atoms. The second-order valence-electron chi connectivity index (χ2n) is 8.03. The summed E-state index contributed by atoms with van der Waals surface area (Å²) in [5, 5.41) is 6.25. The summed E-state index contributed by atoms with van der Waals surface area (Å²) in [6.45, 7) is 7.24. The lowest BCUT2D eigenvalue weighted by atomic mass is 10.1. The van der Waals surface area contributed by atoms with Crippen LogP contribution in [0.4, 0.5) is 4.79 Å². The van der Waals surface area contributed by atoms with E-state index in [1.165, 1.54) is 5.56 Å². The molecule has 0 radical (unpaired) electrons. The highest BCUT2D eigenvalue weighted by Crippen LogP contribution is 2.38. The van der Waals surface area contributed by atoms with Crippen molar-refractivity contribution in [2.24, 2.45) is 0 Å². The monoisotopic (exact) mass is 444 g/mol. The molecule has 2 aromatic carbocycles. The van der Waals surface area contributed by atoms with Gasteiger partial charge in [0.25, 0.3) is 0 Å². The SMILES string of the molecule is CN1CCN(Cc2ccc(CNC(=O)NCc3cc(Cl)c4c(c3)OCCO4)cc2)CC1. The van der Waals surface area contributed by atoms with E-state index in [4.69, 9.17) is 21.1 Å². The predicted octanol–water partition coefficient (Wildman–Crippen LogP) is 2.86. The van der Waals surface area contributed by atoms with Gasteiger partial charge < -0.3 is 25.0 Å². The molecule has 0 saturated carbocycles. The van der Waals surface area contributed by atoms with Crippen LogP contribution in [-0.4, -0.2) is 62.3 Å². The molecule has 4 rings (SSSR count). The Kier molecular flexibility index (Phi) is 7.17. The van der Waals surface area contributed by atoms with Gasteiger partial charge in [0.1, 0.15) is 13.2 Å². The molecule has 0 unspecified atom stereocenters. The van der Waals surface area contributed by atoms with E-state index in [0.717, 1.165) is 43.9 Å². The highest BCUT2D eigenvalue weighted by atomic mass is 35.5. The summed E-state index contributed by atoms with van der Waals surface area (Å²) < 4.78 is 11.1. The highest BCUT2D eigenvalue weighted by molar-refractivity contribution is 6.32. The van der Waals surface area contributed by atoms with Gasteiger partial charge in [0, 0.05) is 45.8 Å². The third-order valence-electron chi connectivity index (χ3n) is 5.59. The van der Waals surface area contributed by atoms with Crippen molar-refractivity contribution in [3.8, 4) is 11.5 Å². The molecular formula is C23H29ClN4O3. The van der Waals surface area contributed by atoms with Gasteiger partial charge in [-0.1, -0.05) is 35.9 Å². The Labute approximate surface area is 188 Å².